The smallest absolute Gasteiger partial charge is 0.325 e. The number of likely N-dealkylation sites (tertiary alicyclic amines) is 1. The minimum atomic E-state index is -1.31. The van der Waals surface area contributed by atoms with Crippen molar-refractivity contribution in [3.63, 3.8) is 0 Å². The highest BCUT2D eigenvalue weighted by atomic mass is 19.1. The van der Waals surface area contributed by atoms with Crippen LogP contribution in [0.4, 0.5) is 9.18 Å². The largest absolute Gasteiger partial charge is 0.354 e. The Hall–Kier alpha value is -2.48. The highest BCUT2D eigenvalue weighted by Gasteiger charge is 2.49. The van der Waals surface area contributed by atoms with E-state index in [1.807, 2.05) is 0 Å². The Kier molecular flexibility index (Phi) is 6.75. The Bertz CT molecular complexity index is 790. The van der Waals surface area contributed by atoms with Crippen LogP contribution in [0.5, 0.6) is 0 Å². The Labute approximate surface area is 177 Å². The van der Waals surface area contributed by atoms with Crippen LogP contribution in [-0.4, -0.2) is 60.4 Å². The van der Waals surface area contributed by atoms with E-state index >= 15 is 0 Å². The van der Waals surface area contributed by atoms with Gasteiger partial charge >= 0.3 is 6.03 Å². The number of rotatable bonds is 7. The Morgan fingerprint density at radius 1 is 1.20 bits per heavy atom. The molecule has 3 unspecified atom stereocenters. The zero-order chi connectivity index (χ0) is 21.9. The molecule has 3 rings (SSSR count). The van der Waals surface area contributed by atoms with Crippen molar-refractivity contribution in [2.24, 2.45) is 11.8 Å². The van der Waals surface area contributed by atoms with Gasteiger partial charge in [0.15, 0.2) is 0 Å². The predicted octanol–water partition coefficient (Wildman–Crippen LogP) is 2.08. The number of nitrogens with one attached hydrogen (secondary N) is 2. The molecule has 2 fully saturated rings. The lowest BCUT2D eigenvalue weighted by molar-refractivity contribution is -0.134. The monoisotopic (exact) mass is 418 g/mol. The summed E-state index contributed by atoms with van der Waals surface area (Å²) in [6.07, 6.45) is 2.08. The van der Waals surface area contributed by atoms with Crippen molar-refractivity contribution in [3.05, 3.63) is 35.6 Å². The average Bonchev–Trinajstić information content (AvgIpc) is 2.89. The van der Waals surface area contributed by atoms with Gasteiger partial charge in [-0.05, 0) is 55.8 Å². The van der Waals surface area contributed by atoms with E-state index in [1.54, 1.807) is 6.92 Å². The van der Waals surface area contributed by atoms with Crippen LogP contribution in [-0.2, 0) is 15.1 Å². The number of piperidine rings is 1. The number of nitrogens with zero attached hydrogens (tertiary/aromatic N) is 2. The van der Waals surface area contributed by atoms with Gasteiger partial charge in [0.05, 0.1) is 0 Å². The van der Waals surface area contributed by atoms with Crippen molar-refractivity contribution in [2.45, 2.75) is 39.2 Å². The number of imide groups is 1. The van der Waals surface area contributed by atoms with Crippen LogP contribution in [0, 0.1) is 17.7 Å². The predicted molar refractivity (Wildman–Crippen MR) is 111 cm³/mol. The van der Waals surface area contributed by atoms with Crippen molar-refractivity contribution < 1.29 is 18.8 Å². The number of urea groups is 1. The molecule has 0 aromatic heterocycles. The summed E-state index contributed by atoms with van der Waals surface area (Å²) in [6, 6.07) is 4.76. The fourth-order valence-corrected chi connectivity index (χ4v) is 4.52. The summed E-state index contributed by atoms with van der Waals surface area (Å²) in [5, 5.41) is 5.42. The first kappa shape index (κ1) is 22.2. The van der Waals surface area contributed by atoms with Gasteiger partial charge in [0.25, 0.3) is 5.91 Å². The number of carbonyl (C=O) groups excluding carboxylic acids is 3. The second-order valence-electron chi connectivity index (χ2n) is 8.86. The second kappa shape index (κ2) is 9.12. The number of hydrogen-bond donors (Lipinski definition) is 2. The highest BCUT2D eigenvalue weighted by Crippen LogP contribution is 2.28. The van der Waals surface area contributed by atoms with Gasteiger partial charge in [-0.2, -0.15) is 0 Å². The summed E-state index contributed by atoms with van der Waals surface area (Å²) < 4.78 is 13.2. The van der Waals surface area contributed by atoms with E-state index in [0.29, 0.717) is 23.9 Å². The molecule has 2 heterocycles. The topological polar surface area (TPSA) is 81.8 Å². The van der Waals surface area contributed by atoms with E-state index in [-0.39, 0.29) is 12.5 Å². The Balaban J connectivity index is 1.47. The number of carbonyl (C=O) groups is 3. The van der Waals surface area contributed by atoms with Gasteiger partial charge in [-0.3, -0.25) is 14.5 Å². The van der Waals surface area contributed by atoms with E-state index in [1.165, 1.54) is 30.7 Å². The van der Waals surface area contributed by atoms with Crippen molar-refractivity contribution in [1.29, 1.82) is 0 Å². The molecule has 0 spiro atoms. The maximum absolute atomic E-state index is 13.2. The minimum Gasteiger partial charge on any atom is -0.354 e. The molecule has 4 amide bonds. The van der Waals surface area contributed by atoms with Gasteiger partial charge in [-0.1, -0.05) is 26.0 Å². The van der Waals surface area contributed by atoms with Crippen LogP contribution >= 0.6 is 0 Å². The molecule has 0 saturated carbocycles. The zero-order valence-corrected chi connectivity index (χ0v) is 17.9. The molecule has 164 valence electrons. The van der Waals surface area contributed by atoms with Gasteiger partial charge < -0.3 is 15.5 Å². The summed E-state index contributed by atoms with van der Waals surface area (Å²) in [6.45, 7) is 9.34. The van der Waals surface area contributed by atoms with Crippen LogP contribution in [0.1, 0.15) is 39.2 Å². The fourth-order valence-electron chi connectivity index (χ4n) is 4.52. The molecule has 1 aromatic rings. The maximum atomic E-state index is 13.2. The van der Waals surface area contributed by atoms with Crippen molar-refractivity contribution >= 4 is 17.8 Å². The van der Waals surface area contributed by atoms with Crippen LogP contribution < -0.4 is 10.6 Å². The first-order valence-electron chi connectivity index (χ1n) is 10.6. The third-order valence-corrected chi connectivity index (χ3v) is 5.92. The zero-order valence-electron chi connectivity index (χ0n) is 17.9. The molecule has 30 heavy (non-hydrogen) atoms. The van der Waals surface area contributed by atoms with Gasteiger partial charge in [0.1, 0.15) is 17.9 Å². The quantitative estimate of drug-likeness (QED) is 0.525. The number of amides is 4. The van der Waals surface area contributed by atoms with Gasteiger partial charge in [0.2, 0.25) is 5.91 Å². The summed E-state index contributed by atoms with van der Waals surface area (Å²) >= 11 is 0. The molecule has 7 nitrogen and oxygen atoms in total. The van der Waals surface area contributed by atoms with E-state index < -0.39 is 23.3 Å². The SMILES string of the molecule is CC1CC(C)CN(CCCNC(=O)CN2C(=O)NC(C)(c3ccc(F)cc3)C2=O)C1. The lowest BCUT2D eigenvalue weighted by Gasteiger charge is -2.34. The van der Waals surface area contributed by atoms with Crippen LogP contribution in [0.25, 0.3) is 0 Å². The molecule has 2 N–H and O–H groups in total. The molecule has 2 aliphatic rings. The lowest BCUT2D eigenvalue weighted by Crippen LogP contribution is -2.44. The molecule has 2 saturated heterocycles. The average molecular weight is 419 g/mol. The Morgan fingerprint density at radius 2 is 1.83 bits per heavy atom. The van der Waals surface area contributed by atoms with E-state index in [4.69, 9.17) is 0 Å². The van der Waals surface area contributed by atoms with Crippen LogP contribution in [0.15, 0.2) is 24.3 Å². The number of benzene rings is 1. The standard InChI is InChI=1S/C22H31FN4O3/c1-15-11-16(2)13-26(12-15)10-4-9-24-19(28)14-27-20(29)22(3,25-21(27)30)17-5-7-18(23)8-6-17/h5-8,15-16H,4,9-14H2,1-3H3,(H,24,28)(H,25,30). The van der Waals surface area contributed by atoms with Crippen molar-refractivity contribution in [2.75, 3.05) is 32.7 Å². The first-order valence-corrected chi connectivity index (χ1v) is 10.6. The molecule has 3 atom stereocenters. The van der Waals surface area contributed by atoms with Gasteiger partial charge in [0, 0.05) is 19.6 Å². The summed E-state index contributed by atoms with van der Waals surface area (Å²) in [7, 11) is 0. The molecule has 0 aliphatic carbocycles. The summed E-state index contributed by atoms with van der Waals surface area (Å²) in [5.41, 5.74) is -0.845. The maximum Gasteiger partial charge on any atom is 0.325 e. The third-order valence-electron chi connectivity index (χ3n) is 5.92. The number of hydrogen-bond acceptors (Lipinski definition) is 4. The molecular weight excluding hydrogens is 387 g/mol. The lowest BCUT2D eigenvalue weighted by atomic mass is 9.92. The van der Waals surface area contributed by atoms with E-state index in [0.717, 1.165) is 31.0 Å². The summed E-state index contributed by atoms with van der Waals surface area (Å²) in [5.74, 6) is 0.0634. The van der Waals surface area contributed by atoms with Crippen LogP contribution in [0.3, 0.4) is 0 Å². The molecule has 0 radical (unpaired) electrons. The van der Waals surface area contributed by atoms with Crippen LogP contribution in [0.2, 0.25) is 0 Å². The first-order chi connectivity index (χ1) is 14.2. The third kappa shape index (κ3) is 4.98. The minimum absolute atomic E-state index is 0.334. The molecule has 8 heteroatoms. The Morgan fingerprint density at radius 3 is 2.47 bits per heavy atom. The fraction of sp³-hybridized carbons (Fsp3) is 0.591. The van der Waals surface area contributed by atoms with Crippen molar-refractivity contribution in [3.8, 4) is 0 Å². The van der Waals surface area contributed by atoms with Crippen molar-refractivity contribution in [1.82, 2.24) is 20.4 Å². The molecule has 2 aliphatic heterocycles. The highest BCUT2D eigenvalue weighted by molar-refractivity contribution is 6.09. The summed E-state index contributed by atoms with van der Waals surface area (Å²) in [4.78, 5) is 40.8. The van der Waals surface area contributed by atoms with E-state index in [2.05, 4.69) is 29.4 Å². The molecule has 0 bridgehead atoms. The second-order valence-corrected chi connectivity index (χ2v) is 8.86. The normalized spacial score (nSPS) is 27.3. The molecular formula is C22H31FN4O3. The van der Waals surface area contributed by atoms with Gasteiger partial charge in [-0.25, -0.2) is 9.18 Å². The van der Waals surface area contributed by atoms with E-state index in [9.17, 15) is 18.8 Å². The molecule has 1 aromatic carbocycles. The number of halogens is 1. The van der Waals surface area contributed by atoms with Gasteiger partial charge in [-0.15, -0.1) is 0 Å².